The summed E-state index contributed by atoms with van der Waals surface area (Å²) in [5, 5.41) is 17.2. The summed E-state index contributed by atoms with van der Waals surface area (Å²) in [5.74, 6) is 1.35. The highest BCUT2D eigenvalue weighted by molar-refractivity contribution is 5.94. The van der Waals surface area contributed by atoms with Crippen LogP contribution in [0.15, 0.2) is 18.3 Å². The number of carboxylic acid groups (broad SMARTS) is 1. The topological polar surface area (TPSA) is 103 Å². The molecule has 1 aliphatic carbocycles. The zero-order chi connectivity index (χ0) is 19.3. The number of hydrogen-bond donors (Lipinski definition) is 2. The summed E-state index contributed by atoms with van der Waals surface area (Å²) in [6, 6.07) is 3.60. The summed E-state index contributed by atoms with van der Waals surface area (Å²) < 4.78 is 5.10. The van der Waals surface area contributed by atoms with Crippen molar-refractivity contribution in [3.8, 4) is 5.88 Å². The highest BCUT2D eigenvalue weighted by atomic mass is 16.5. The van der Waals surface area contributed by atoms with Crippen molar-refractivity contribution >= 4 is 12.4 Å². The molecule has 1 saturated heterocycles. The van der Waals surface area contributed by atoms with Crippen LogP contribution < -0.4 is 4.74 Å². The van der Waals surface area contributed by atoms with Crippen molar-refractivity contribution in [3.63, 3.8) is 0 Å². The van der Waals surface area contributed by atoms with Crippen LogP contribution in [0.25, 0.3) is 0 Å². The van der Waals surface area contributed by atoms with Crippen LogP contribution in [0.2, 0.25) is 0 Å². The Hall–Kier alpha value is -2.19. The molecule has 26 heavy (non-hydrogen) atoms. The molecule has 0 unspecified atom stereocenters. The number of nitrogens with zero attached hydrogens (tertiary/aromatic N) is 3. The number of hydrogen-bond acceptors (Lipinski definition) is 6. The molecule has 8 nitrogen and oxygen atoms in total. The van der Waals surface area contributed by atoms with E-state index in [1.165, 1.54) is 0 Å². The van der Waals surface area contributed by atoms with Crippen LogP contribution in [-0.2, 0) is 4.79 Å². The molecule has 2 fully saturated rings. The highest BCUT2D eigenvalue weighted by Gasteiger charge is 2.43. The van der Waals surface area contributed by atoms with E-state index in [4.69, 9.17) is 14.6 Å². The summed E-state index contributed by atoms with van der Waals surface area (Å²) in [6.45, 7) is 1.25. The number of rotatable bonds is 3. The van der Waals surface area contributed by atoms with E-state index in [0.717, 1.165) is 25.9 Å². The van der Waals surface area contributed by atoms with Gasteiger partial charge in [0.1, 0.15) is 0 Å². The molecule has 1 aromatic heterocycles. The second kappa shape index (κ2) is 8.95. The molecule has 2 aliphatic rings. The van der Waals surface area contributed by atoms with Gasteiger partial charge in [-0.2, -0.15) is 0 Å². The van der Waals surface area contributed by atoms with Crippen molar-refractivity contribution in [2.24, 2.45) is 11.8 Å². The molecular formula is C18H27N3O5. The predicted octanol–water partition coefficient (Wildman–Crippen LogP) is 0.564. The molecule has 0 aromatic carbocycles. The van der Waals surface area contributed by atoms with Crippen LogP contribution in [0.1, 0.15) is 23.2 Å². The molecule has 3 rings (SSSR count). The van der Waals surface area contributed by atoms with E-state index >= 15 is 0 Å². The summed E-state index contributed by atoms with van der Waals surface area (Å²) in [4.78, 5) is 29.1. The van der Waals surface area contributed by atoms with Gasteiger partial charge in [0, 0.05) is 37.0 Å². The number of aromatic nitrogens is 1. The lowest BCUT2D eigenvalue weighted by Gasteiger charge is -2.38. The first-order chi connectivity index (χ1) is 12.4. The van der Waals surface area contributed by atoms with Crippen LogP contribution in [0, 0.1) is 11.8 Å². The number of likely N-dealkylation sites (tertiary alicyclic amines) is 1. The minimum absolute atomic E-state index is 0.0241. The Morgan fingerprint density at radius 3 is 2.54 bits per heavy atom. The fourth-order valence-electron chi connectivity index (χ4n) is 3.96. The monoisotopic (exact) mass is 365 g/mol. The van der Waals surface area contributed by atoms with Crippen molar-refractivity contribution < 1.29 is 24.5 Å². The number of methoxy groups -OCH3 is 1. The molecule has 8 heteroatoms. The predicted molar refractivity (Wildman–Crippen MR) is 95.1 cm³/mol. The van der Waals surface area contributed by atoms with Gasteiger partial charge in [-0.25, -0.2) is 4.98 Å². The smallest absolute Gasteiger partial charge is 0.290 e. The molecule has 144 valence electrons. The number of pyridine rings is 1. The number of ether oxygens (including phenoxy) is 1. The molecule has 4 atom stereocenters. The third kappa shape index (κ3) is 4.50. The van der Waals surface area contributed by atoms with Gasteiger partial charge in [0.2, 0.25) is 5.88 Å². The van der Waals surface area contributed by atoms with Crippen molar-refractivity contribution in [2.45, 2.75) is 25.0 Å². The van der Waals surface area contributed by atoms with E-state index < -0.39 is 0 Å². The summed E-state index contributed by atoms with van der Waals surface area (Å²) in [5.41, 5.74) is 0.611. The number of carbonyl (C=O) groups is 2. The van der Waals surface area contributed by atoms with E-state index in [1.807, 2.05) is 19.0 Å². The van der Waals surface area contributed by atoms with Crippen LogP contribution in [0.4, 0.5) is 0 Å². The Morgan fingerprint density at radius 2 is 1.96 bits per heavy atom. The molecule has 1 aliphatic heterocycles. The Kier molecular flexibility index (Phi) is 6.93. The maximum atomic E-state index is 12.7. The van der Waals surface area contributed by atoms with Gasteiger partial charge in [-0.15, -0.1) is 0 Å². The van der Waals surface area contributed by atoms with Gasteiger partial charge in [0.05, 0.1) is 13.2 Å². The number of aliphatic hydroxyl groups is 1. The zero-order valence-electron chi connectivity index (χ0n) is 15.4. The Bertz CT molecular complexity index is 625. The van der Waals surface area contributed by atoms with E-state index in [-0.39, 0.29) is 24.5 Å². The zero-order valence-corrected chi connectivity index (χ0v) is 15.4. The van der Waals surface area contributed by atoms with Crippen LogP contribution in [0.5, 0.6) is 5.88 Å². The Balaban J connectivity index is 0.000000758. The minimum atomic E-state index is -0.303. The lowest BCUT2D eigenvalue weighted by molar-refractivity contribution is -0.122. The second-order valence-corrected chi connectivity index (χ2v) is 6.99. The van der Waals surface area contributed by atoms with E-state index in [1.54, 1.807) is 25.4 Å². The summed E-state index contributed by atoms with van der Waals surface area (Å²) in [6.07, 6.45) is 3.02. The van der Waals surface area contributed by atoms with Crippen LogP contribution in [0.3, 0.4) is 0 Å². The van der Waals surface area contributed by atoms with E-state index in [2.05, 4.69) is 9.88 Å². The first-order valence-electron chi connectivity index (χ1n) is 8.62. The first kappa shape index (κ1) is 20.1. The van der Waals surface area contributed by atoms with Gasteiger partial charge in [-0.1, -0.05) is 0 Å². The van der Waals surface area contributed by atoms with Gasteiger partial charge < -0.3 is 24.7 Å². The van der Waals surface area contributed by atoms with Crippen molar-refractivity contribution in [2.75, 3.05) is 34.3 Å². The fourth-order valence-corrected chi connectivity index (χ4v) is 3.96. The van der Waals surface area contributed by atoms with Crippen molar-refractivity contribution in [1.29, 1.82) is 0 Å². The molecule has 0 spiro atoms. The molecular weight excluding hydrogens is 338 g/mol. The number of fused-ring (bicyclic) bond motifs is 1. The maximum Gasteiger partial charge on any atom is 0.290 e. The first-order valence-corrected chi connectivity index (χ1v) is 8.62. The quantitative estimate of drug-likeness (QED) is 0.755. The summed E-state index contributed by atoms with van der Waals surface area (Å²) >= 11 is 0. The molecule has 1 saturated carbocycles. The molecule has 1 amide bonds. The van der Waals surface area contributed by atoms with E-state index in [0.29, 0.717) is 23.3 Å². The molecule has 1 aromatic rings. The lowest BCUT2D eigenvalue weighted by atomic mass is 9.77. The standard InChI is InChI=1S/C17H25N3O3.CH2O2/c1-19(2)14-6-12-9-20(10-13(12)7-15(14)21)17(22)11-4-5-18-16(8-11)23-3;2-1-3/h4-5,8,12-15,21H,6-7,9-10H2,1-3H3;1H,(H,2,3)/t12-,13+,14-,15-;/m1./s1. The van der Waals surface area contributed by atoms with E-state index in [9.17, 15) is 9.90 Å². The van der Waals surface area contributed by atoms with Gasteiger partial charge >= 0.3 is 0 Å². The van der Waals surface area contributed by atoms with Crippen LogP contribution in [-0.4, -0.2) is 83.8 Å². The molecule has 2 N–H and O–H groups in total. The average Bonchev–Trinajstić information content (AvgIpc) is 3.03. The Morgan fingerprint density at radius 1 is 1.35 bits per heavy atom. The average molecular weight is 365 g/mol. The molecule has 0 radical (unpaired) electrons. The van der Waals surface area contributed by atoms with Crippen LogP contribution >= 0.6 is 0 Å². The second-order valence-electron chi connectivity index (χ2n) is 6.99. The normalized spacial score (nSPS) is 27.3. The highest BCUT2D eigenvalue weighted by Crippen LogP contribution is 2.38. The van der Waals surface area contributed by atoms with Gasteiger partial charge in [-0.05, 0) is 44.8 Å². The maximum absolute atomic E-state index is 12.7. The summed E-state index contributed by atoms with van der Waals surface area (Å²) in [7, 11) is 5.56. The van der Waals surface area contributed by atoms with Crippen molar-refractivity contribution in [3.05, 3.63) is 23.9 Å². The minimum Gasteiger partial charge on any atom is -0.483 e. The number of aliphatic hydroxyl groups excluding tert-OH is 1. The number of carbonyl (C=O) groups excluding carboxylic acids is 1. The van der Waals surface area contributed by atoms with Gasteiger partial charge in [0.25, 0.3) is 12.4 Å². The van der Waals surface area contributed by atoms with Gasteiger partial charge in [0.15, 0.2) is 0 Å². The Labute approximate surface area is 153 Å². The molecule has 2 heterocycles. The SMILES string of the molecule is COc1cc(C(=O)N2C[C@H]3C[C@@H](N(C)C)[C@H](O)C[C@H]3C2)ccn1.O=CO. The van der Waals surface area contributed by atoms with Gasteiger partial charge in [-0.3, -0.25) is 9.59 Å². The number of likely N-dealkylation sites (N-methyl/N-ethyl adjacent to an activating group) is 1. The number of amides is 1. The fraction of sp³-hybridized carbons (Fsp3) is 0.611. The third-order valence-corrected chi connectivity index (χ3v) is 5.25. The lowest BCUT2D eigenvalue weighted by Crippen LogP contribution is -2.46. The van der Waals surface area contributed by atoms with Crippen molar-refractivity contribution in [1.82, 2.24) is 14.8 Å². The molecule has 0 bridgehead atoms. The third-order valence-electron chi connectivity index (χ3n) is 5.25. The largest absolute Gasteiger partial charge is 0.483 e.